The molecule has 2 aromatic rings. The van der Waals surface area contributed by atoms with Gasteiger partial charge in [0.15, 0.2) is 0 Å². The van der Waals surface area contributed by atoms with Crippen molar-refractivity contribution >= 4 is 11.6 Å². The predicted octanol–water partition coefficient (Wildman–Crippen LogP) is 1.94. The van der Waals surface area contributed by atoms with Gasteiger partial charge in [-0.05, 0) is 24.6 Å². The van der Waals surface area contributed by atoms with Gasteiger partial charge in [-0.15, -0.1) is 0 Å². The van der Waals surface area contributed by atoms with Crippen LogP contribution < -0.4 is 5.32 Å². The quantitative estimate of drug-likeness (QED) is 0.755. The topological polar surface area (TPSA) is 75.4 Å². The van der Waals surface area contributed by atoms with E-state index in [4.69, 9.17) is 4.52 Å². The van der Waals surface area contributed by atoms with Gasteiger partial charge in [0, 0.05) is 6.07 Å². The van der Waals surface area contributed by atoms with Crippen LogP contribution in [-0.2, 0) is 0 Å². The zero-order chi connectivity index (χ0) is 11.5. The second-order valence-corrected chi connectivity index (χ2v) is 3.35. The van der Waals surface area contributed by atoms with Gasteiger partial charge in [0.1, 0.15) is 5.75 Å². The Labute approximate surface area is 91.7 Å². The fourth-order valence-electron chi connectivity index (χ4n) is 1.27. The van der Waals surface area contributed by atoms with E-state index in [0.29, 0.717) is 5.69 Å². The van der Waals surface area contributed by atoms with Crippen LogP contribution in [0.25, 0.3) is 0 Å². The number of carbonyl (C=O) groups excluding carboxylic acids is 1. The lowest BCUT2D eigenvalue weighted by Crippen LogP contribution is -2.11. The highest BCUT2D eigenvalue weighted by atomic mass is 16.5. The van der Waals surface area contributed by atoms with Gasteiger partial charge >= 0.3 is 0 Å². The maximum absolute atomic E-state index is 11.6. The van der Waals surface area contributed by atoms with E-state index in [2.05, 4.69) is 10.5 Å². The molecule has 2 rings (SSSR count). The standard InChI is InChI=1S/C11H10N2O3/c1-7-2-3-9(14)8(6-7)13-11(15)10-4-5-12-16-10/h2-6,14H,1H3,(H,13,15). The zero-order valence-electron chi connectivity index (χ0n) is 8.60. The van der Waals surface area contributed by atoms with E-state index in [-0.39, 0.29) is 11.5 Å². The summed E-state index contributed by atoms with van der Waals surface area (Å²) in [5.41, 5.74) is 1.28. The van der Waals surface area contributed by atoms with Gasteiger partial charge in [-0.3, -0.25) is 4.79 Å². The summed E-state index contributed by atoms with van der Waals surface area (Å²) in [5.74, 6) is -0.335. The first-order chi connectivity index (χ1) is 7.66. The van der Waals surface area contributed by atoms with E-state index in [1.165, 1.54) is 18.3 Å². The molecule has 0 aliphatic rings. The van der Waals surface area contributed by atoms with Crippen molar-refractivity contribution in [2.75, 3.05) is 5.32 Å². The van der Waals surface area contributed by atoms with E-state index in [9.17, 15) is 9.90 Å². The number of rotatable bonds is 2. The van der Waals surface area contributed by atoms with Crippen LogP contribution in [0.1, 0.15) is 16.1 Å². The number of aryl methyl sites for hydroxylation is 1. The molecule has 0 saturated carbocycles. The van der Waals surface area contributed by atoms with Crippen LogP contribution in [0.2, 0.25) is 0 Å². The van der Waals surface area contributed by atoms with Crippen LogP contribution >= 0.6 is 0 Å². The Balaban J connectivity index is 2.21. The fourth-order valence-corrected chi connectivity index (χ4v) is 1.27. The van der Waals surface area contributed by atoms with Crippen LogP contribution in [-0.4, -0.2) is 16.2 Å². The number of nitrogens with zero attached hydrogens (tertiary/aromatic N) is 1. The van der Waals surface area contributed by atoms with E-state index in [1.54, 1.807) is 12.1 Å². The smallest absolute Gasteiger partial charge is 0.294 e. The molecule has 82 valence electrons. The van der Waals surface area contributed by atoms with E-state index in [1.807, 2.05) is 6.92 Å². The lowest BCUT2D eigenvalue weighted by atomic mass is 10.2. The van der Waals surface area contributed by atoms with Crippen molar-refractivity contribution < 1.29 is 14.4 Å². The van der Waals surface area contributed by atoms with Crippen molar-refractivity contribution in [2.45, 2.75) is 6.92 Å². The van der Waals surface area contributed by atoms with Gasteiger partial charge in [0.2, 0.25) is 5.76 Å². The first-order valence-electron chi connectivity index (χ1n) is 4.68. The Kier molecular flexibility index (Phi) is 2.59. The Morgan fingerprint density at radius 3 is 2.94 bits per heavy atom. The minimum atomic E-state index is -0.446. The number of anilines is 1. The van der Waals surface area contributed by atoms with E-state index >= 15 is 0 Å². The predicted molar refractivity (Wildman–Crippen MR) is 57.3 cm³/mol. The number of aromatic hydroxyl groups is 1. The summed E-state index contributed by atoms with van der Waals surface area (Å²) < 4.78 is 4.69. The van der Waals surface area contributed by atoms with Crippen molar-refractivity contribution in [2.24, 2.45) is 0 Å². The lowest BCUT2D eigenvalue weighted by molar-refractivity contribution is 0.0987. The highest BCUT2D eigenvalue weighted by molar-refractivity contribution is 6.02. The highest BCUT2D eigenvalue weighted by Gasteiger charge is 2.11. The third-order valence-corrected chi connectivity index (χ3v) is 2.06. The number of aromatic nitrogens is 1. The molecule has 1 aromatic heterocycles. The Morgan fingerprint density at radius 2 is 2.25 bits per heavy atom. The number of hydrogen-bond acceptors (Lipinski definition) is 4. The average molecular weight is 218 g/mol. The van der Waals surface area contributed by atoms with Gasteiger partial charge in [0.25, 0.3) is 5.91 Å². The van der Waals surface area contributed by atoms with Gasteiger partial charge in [0.05, 0.1) is 11.9 Å². The largest absolute Gasteiger partial charge is 0.506 e. The van der Waals surface area contributed by atoms with Crippen LogP contribution in [0.3, 0.4) is 0 Å². The first kappa shape index (κ1) is 10.2. The summed E-state index contributed by atoms with van der Waals surface area (Å²) in [7, 11) is 0. The summed E-state index contributed by atoms with van der Waals surface area (Å²) in [5, 5.41) is 15.5. The van der Waals surface area contributed by atoms with Gasteiger partial charge in [-0.1, -0.05) is 11.2 Å². The average Bonchev–Trinajstić information content (AvgIpc) is 2.76. The summed E-state index contributed by atoms with van der Waals surface area (Å²) in [4.78, 5) is 11.6. The molecule has 5 nitrogen and oxygen atoms in total. The van der Waals surface area contributed by atoms with Crippen molar-refractivity contribution in [1.29, 1.82) is 0 Å². The number of phenols is 1. The SMILES string of the molecule is Cc1ccc(O)c(NC(=O)c2ccno2)c1. The van der Waals surface area contributed by atoms with Gasteiger partial charge in [-0.2, -0.15) is 0 Å². The molecule has 1 amide bonds. The molecule has 2 N–H and O–H groups in total. The van der Waals surface area contributed by atoms with Crippen molar-refractivity contribution in [1.82, 2.24) is 5.16 Å². The third-order valence-electron chi connectivity index (χ3n) is 2.06. The molecule has 0 bridgehead atoms. The number of benzene rings is 1. The normalized spacial score (nSPS) is 10.1. The van der Waals surface area contributed by atoms with E-state index < -0.39 is 5.91 Å². The molecular weight excluding hydrogens is 208 g/mol. The Bertz CT molecular complexity index is 506. The number of carbonyl (C=O) groups is 1. The summed E-state index contributed by atoms with van der Waals surface area (Å²) in [6, 6.07) is 6.39. The zero-order valence-corrected chi connectivity index (χ0v) is 8.60. The molecule has 0 unspecified atom stereocenters. The van der Waals surface area contributed by atoms with Crippen LogP contribution in [0.4, 0.5) is 5.69 Å². The minimum Gasteiger partial charge on any atom is -0.506 e. The van der Waals surface area contributed by atoms with Crippen LogP contribution in [0.15, 0.2) is 35.0 Å². The maximum atomic E-state index is 11.6. The molecule has 5 heteroatoms. The van der Waals surface area contributed by atoms with Crippen LogP contribution in [0, 0.1) is 6.92 Å². The fraction of sp³-hybridized carbons (Fsp3) is 0.0909. The van der Waals surface area contributed by atoms with Crippen molar-refractivity contribution in [3.63, 3.8) is 0 Å². The van der Waals surface area contributed by atoms with E-state index in [0.717, 1.165) is 5.56 Å². The number of hydrogen-bond donors (Lipinski definition) is 2. The Hall–Kier alpha value is -2.30. The summed E-state index contributed by atoms with van der Waals surface area (Å²) >= 11 is 0. The molecule has 0 atom stereocenters. The molecule has 1 aromatic carbocycles. The van der Waals surface area contributed by atoms with Gasteiger partial charge in [-0.25, -0.2) is 0 Å². The minimum absolute atomic E-state index is 0.0125. The molecule has 16 heavy (non-hydrogen) atoms. The van der Waals surface area contributed by atoms with Crippen molar-refractivity contribution in [3.05, 3.63) is 41.8 Å². The molecule has 0 aliphatic heterocycles. The summed E-state index contributed by atoms with van der Waals surface area (Å²) in [6.07, 6.45) is 1.38. The molecule has 0 fully saturated rings. The second-order valence-electron chi connectivity index (χ2n) is 3.35. The van der Waals surface area contributed by atoms with Gasteiger partial charge < -0.3 is 14.9 Å². The number of amides is 1. The number of phenolic OH excluding ortho intramolecular Hbond substituents is 1. The van der Waals surface area contributed by atoms with Crippen molar-refractivity contribution in [3.8, 4) is 5.75 Å². The molecule has 0 radical (unpaired) electrons. The molecular formula is C11H10N2O3. The number of nitrogens with one attached hydrogen (secondary N) is 1. The maximum Gasteiger partial charge on any atom is 0.294 e. The molecule has 0 aliphatic carbocycles. The molecule has 1 heterocycles. The monoisotopic (exact) mass is 218 g/mol. The molecule has 0 spiro atoms. The second kappa shape index (κ2) is 4.06. The first-order valence-corrected chi connectivity index (χ1v) is 4.68. The summed E-state index contributed by atoms with van der Waals surface area (Å²) in [6.45, 7) is 1.86. The van der Waals surface area contributed by atoms with Crippen LogP contribution in [0.5, 0.6) is 5.75 Å². The molecule has 0 saturated heterocycles. The Morgan fingerprint density at radius 1 is 1.44 bits per heavy atom. The third kappa shape index (κ3) is 2.03. The lowest BCUT2D eigenvalue weighted by Gasteiger charge is -2.06. The highest BCUT2D eigenvalue weighted by Crippen LogP contribution is 2.24.